The Bertz CT molecular complexity index is 558. The minimum absolute atomic E-state index is 0.202. The predicted molar refractivity (Wildman–Crippen MR) is 90.5 cm³/mol. The Hall–Kier alpha value is -2.06. The Balaban J connectivity index is 2.91. The molecule has 0 heterocycles. The highest BCUT2D eigenvalue weighted by molar-refractivity contribution is 5.97. The Kier molecular flexibility index (Phi) is 7.56. The van der Waals surface area contributed by atoms with Crippen LogP contribution in [0.1, 0.15) is 52.5 Å². The summed E-state index contributed by atoms with van der Waals surface area (Å²) in [6.07, 6.45) is 2.35. The summed E-state index contributed by atoms with van der Waals surface area (Å²) in [7, 11) is 0. The topological polar surface area (TPSA) is 71.3 Å². The van der Waals surface area contributed by atoms with Crippen molar-refractivity contribution in [1.82, 2.24) is 0 Å². The first kappa shape index (κ1) is 19.0. The minimum Gasteiger partial charge on any atom is -0.492 e. The van der Waals surface area contributed by atoms with Crippen molar-refractivity contribution in [2.45, 2.75) is 52.6 Å². The number of nitrogens with one attached hydrogen (secondary N) is 1. The number of benzene rings is 1. The molecular formula is C18H26N2O3. The highest BCUT2D eigenvalue weighted by atomic mass is 16.5. The monoisotopic (exact) mass is 318 g/mol. The molecule has 1 rings (SSSR count). The van der Waals surface area contributed by atoms with Gasteiger partial charge in [0.15, 0.2) is 0 Å². The molecule has 0 saturated carbocycles. The summed E-state index contributed by atoms with van der Waals surface area (Å²) in [4.78, 5) is 12.5. The van der Waals surface area contributed by atoms with Crippen LogP contribution in [0.15, 0.2) is 18.2 Å². The number of anilines is 1. The van der Waals surface area contributed by atoms with Gasteiger partial charge in [0.2, 0.25) is 0 Å². The quantitative estimate of drug-likeness (QED) is 0.750. The van der Waals surface area contributed by atoms with E-state index in [1.54, 1.807) is 25.1 Å². The first-order valence-corrected chi connectivity index (χ1v) is 8.13. The van der Waals surface area contributed by atoms with E-state index in [-0.39, 0.29) is 5.91 Å². The molecule has 1 N–H and O–H groups in total. The summed E-state index contributed by atoms with van der Waals surface area (Å²) in [5.74, 6) is 0.334. The van der Waals surface area contributed by atoms with Crippen LogP contribution in [-0.2, 0) is 9.53 Å². The van der Waals surface area contributed by atoms with E-state index in [1.165, 1.54) is 0 Å². The van der Waals surface area contributed by atoms with Crippen LogP contribution in [0, 0.1) is 11.3 Å². The molecule has 0 aliphatic rings. The van der Waals surface area contributed by atoms with Gasteiger partial charge in [-0.1, -0.05) is 20.3 Å². The second kappa shape index (κ2) is 9.16. The number of ether oxygens (including phenoxy) is 2. The Morgan fingerprint density at radius 2 is 2.04 bits per heavy atom. The number of amides is 1. The van der Waals surface area contributed by atoms with E-state index < -0.39 is 5.60 Å². The summed E-state index contributed by atoms with van der Waals surface area (Å²) in [6, 6.07) is 7.17. The number of nitrogens with zero attached hydrogens (tertiary/aromatic N) is 1. The summed E-state index contributed by atoms with van der Waals surface area (Å²) in [5, 5.41) is 12.1. The average molecular weight is 318 g/mol. The maximum Gasteiger partial charge on any atom is 0.256 e. The van der Waals surface area contributed by atoms with E-state index in [4.69, 9.17) is 9.47 Å². The Morgan fingerprint density at radius 3 is 2.61 bits per heavy atom. The standard InChI is InChI=1S/C18H26N2O3/c1-5-10-18(4,23-7-3)17(21)20-15-8-9-16(22-11-6-2)14(12-15)13-19/h8-9,12H,5-7,10-11H2,1-4H3,(H,20,21)/t18-/m1/s1. The van der Waals surface area contributed by atoms with Gasteiger partial charge in [0, 0.05) is 12.3 Å². The van der Waals surface area contributed by atoms with E-state index in [1.807, 2.05) is 20.8 Å². The second-order valence-electron chi connectivity index (χ2n) is 5.54. The zero-order valence-corrected chi connectivity index (χ0v) is 14.4. The molecule has 0 aliphatic carbocycles. The largest absolute Gasteiger partial charge is 0.492 e. The lowest BCUT2D eigenvalue weighted by Gasteiger charge is -2.27. The molecule has 1 aromatic rings. The molecule has 0 aromatic heterocycles. The van der Waals surface area contributed by atoms with Gasteiger partial charge in [-0.3, -0.25) is 4.79 Å². The highest BCUT2D eigenvalue weighted by Crippen LogP contribution is 2.25. The number of carbonyl (C=O) groups is 1. The minimum atomic E-state index is -0.867. The van der Waals surface area contributed by atoms with Crippen molar-refractivity contribution in [2.24, 2.45) is 0 Å². The van der Waals surface area contributed by atoms with Gasteiger partial charge in [0.25, 0.3) is 5.91 Å². The van der Waals surface area contributed by atoms with Crippen LogP contribution < -0.4 is 10.1 Å². The van der Waals surface area contributed by atoms with Crippen molar-refractivity contribution < 1.29 is 14.3 Å². The fraction of sp³-hybridized carbons (Fsp3) is 0.556. The van der Waals surface area contributed by atoms with Gasteiger partial charge >= 0.3 is 0 Å². The number of carbonyl (C=O) groups excluding carboxylic acids is 1. The number of rotatable bonds is 9. The molecule has 0 saturated heterocycles. The maximum atomic E-state index is 12.5. The van der Waals surface area contributed by atoms with Crippen molar-refractivity contribution in [2.75, 3.05) is 18.5 Å². The second-order valence-corrected chi connectivity index (χ2v) is 5.54. The van der Waals surface area contributed by atoms with Gasteiger partial charge in [-0.15, -0.1) is 0 Å². The van der Waals surface area contributed by atoms with Gasteiger partial charge < -0.3 is 14.8 Å². The molecule has 0 aliphatic heterocycles. The lowest BCUT2D eigenvalue weighted by Crippen LogP contribution is -2.42. The maximum absolute atomic E-state index is 12.5. The normalized spacial score (nSPS) is 13.0. The zero-order valence-electron chi connectivity index (χ0n) is 14.4. The molecule has 126 valence electrons. The zero-order chi connectivity index (χ0) is 17.3. The Labute approximate surface area is 138 Å². The fourth-order valence-electron chi connectivity index (χ4n) is 2.34. The van der Waals surface area contributed by atoms with Crippen LogP contribution in [0.3, 0.4) is 0 Å². The molecular weight excluding hydrogens is 292 g/mol. The Morgan fingerprint density at radius 1 is 1.30 bits per heavy atom. The average Bonchev–Trinajstić information content (AvgIpc) is 2.53. The van der Waals surface area contributed by atoms with E-state index >= 15 is 0 Å². The number of nitriles is 1. The van der Waals surface area contributed by atoms with E-state index in [9.17, 15) is 10.1 Å². The lowest BCUT2D eigenvalue weighted by molar-refractivity contribution is -0.139. The summed E-state index contributed by atoms with van der Waals surface area (Å²) in [6.45, 7) is 8.70. The molecule has 5 nitrogen and oxygen atoms in total. The van der Waals surface area contributed by atoms with Crippen LogP contribution in [-0.4, -0.2) is 24.7 Å². The van der Waals surface area contributed by atoms with Crippen molar-refractivity contribution in [3.05, 3.63) is 23.8 Å². The van der Waals surface area contributed by atoms with Crippen LogP contribution in [0.5, 0.6) is 5.75 Å². The molecule has 0 bridgehead atoms. The third kappa shape index (κ3) is 5.26. The molecule has 0 fully saturated rings. The third-order valence-electron chi connectivity index (χ3n) is 3.49. The molecule has 0 radical (unpaired) electrons. The summed E-state index contributed by atoms with van der Waals surface area (Å²) in [5.41, 5.74) is 0.107. The summed E-state index contributed by atoms with van der Waals surface area (Å²) >= 11 is 0. The van der Waals surface area contributed by atoms with Gasteiger partial charge in [-0.05, 0) is 44.9 Å². The third-order valence-corrected chi connectivity index (χ3v) is 3.49. The molecule has 23 heavy (non-hydrogen) atoms. The van der Waals surface area contributed by atoms with Crippen molar-refractivity contribution in [3.63, 3.8) is 0 Å². The molecule has 1 amide bonds. The number of hydrogen-bond donors (Lipinski definition) is 1. The van der Waals surface area contributed by atoms with Gasteiger partial charge in [0.1, 0.15) is 17.4 Å². The van der Waals surface area contributed by atoms with E-state index in [0.717, 1.165) is 12.8 Å². The molecule has 1 aromatic carbocycles. The molecule has 0 unspecified atom stereocenters. The SMILES string of the molecule is CCCOc1ccc(NC(=O)[C@@](C)(CCC)OCC)cc1C#N. The summed E-state index contributed by atoms with van der Waals surface area (Å²) < 4.78 is 11.2. The number of hydrogen-bond acceptors (Lipinski definition) is 4. The van der Waals surface area contributed by atoms with Crippen LogP contribution in [0.2, 0.25) is 0 Å². The first-order valence-electron chi connectivity index (χ1n) is 8.13. The van der Waals surface area contributed by atoms with Crippen molar-refractivity contribution in [3.8, 4) is 11.8 Å². The van der Waals surface area contributed by atoms with Gasteiger partial charge in [0.05, 0.1) is 12.2 Å². The van der Waals surface area contributed by atoms with Crippen molar-refractivity contribution >= 4 is 11.6 Å². The van der Waals surface area contributed by atoms with E-state index in [2.05, 4.69) is 11.4 Å². The van der Waals surface area contributed by atoms with Crippen molar-refractivity contribution in [1.29, 1.82) is 5.26 Å². The predicted octanol–water partition coefficient (Wildman–Crippen LogP) is 3.88. The lowest BCUT2D eigenvalue weighted by atomic mass is 9.99. The van der Waals surface area contributed by atoms with Gasteiger partial charge in [-0.25, -0.2) is 0 Å². The smallest absolute Gasteiger partial charge is 0.256 e. The molecule has 1 atom stereocenters. The first-order chi connectivity index (χ1) is 11.0. The van der Waals surface area contributed by atoms with Gasteiger partial charge in [-0.2, -0.15) is 5.26 Å². The van der Waals surface area contributed by atoms with Crippen LogP contribution >= 0.6 is 0 Å². The molecule has 5 heteroatoms. The van der Waals surface area contributed by atoms with Crippen LogP contribution in [0.25, 0.3) is 0 Å². The highest BCUT2D eigenvalue weighted by Gasteiger charge is 2.33. The molecule has 0 spiro atoms. The van der Waals surface area contributed by atoms with E-state index in [0.29, 0.717) is 36.6 Å². The van der Waals surface area contributed by atoms with Crippen LogP contribution in [0.4, 0.5) is 5.69 Å². The fourth-order valence-corrected chi connectivity index (χ4v) is 2.34.